The van der Waals surface area contributed by atoms with Gasteiger partial charge < -0.3 is 4.90 Å². The summed E-state index contributed by atoms with van der Waals surface area (Å²) < 4.78 is 0. The molecule has 0 N–H and O–H groups in total. The van der Waals surface area contributed by atoms with Gasteiger partial charge in [0.25, 0.3) is 0 Å². The summed E-state index contributed by atoms with van der Waals surface area (Å²) in [6, 6.07) is 5.37. The molecule has 17 heavy (non-hydrogen) atoms. The Balaban J connectivity index is 1.98. The standard InChI is InChI=1S/C13H11NO3/c15-10-6-13(17)14(7-10)9-2-3-11-8(5-9)1-4-12(11)16/h2-3,5H,1,4,6-7H2. The Hall–Kier alpha value is -1.97. The lowest BCUT2D eigenvalue weighted by Crippen LogP contribution is -2.24. The summed E-state index contributed by atoms with van der Waals surface area (Å²) in [7, 11) is 0. The fourth-order valence-electron chi connectivity index (χ4n) is 2.43. The normalized spacial score (nSPS) is 19.1. The van der Waals surface area contributed by atoms with E-state index in [4.69, 9.17) is 0 Å². The second-order valence-corrected chi connectivity index (χ2v) is 4.46. The summed E-state index contributed by atoms with van der Waals surface area (Å²) in [5.41, 5.74) is 2.47. The van der Waals surface area contributed by atoms with Crippen molar-refractivity contribution in [3.8, 4) is 0 Å². The van der Waals surface area contributed by atoms with Gasteiger partial charge in [-0.25, -0.2) is 0 Å². The van der Waals surface area contributed by atoms with Crippen LogP contribution in [0.5, 0.6) is 0 Å². The van der Waals surface area contributed by atoms with Crippen LogP contribution in [0.15, 0.2) is 18.2 Å². The number of ketones is 2. The van der Waals surface area contributed by atoms with Crippen molar-refractivity contribution in [2.75, 3.05) is 11.4 Å². The van der Waals surface area contributed by atoms with Crippen LogP contribution in [0.3, 0.4) is 0 Å². The van der Waals surface area contributed by atoms with Gasteiger partial charge in [0, 0.05) is 17.7 Å². The summed E-state index contributed by atoms with van der Waals surface area (Å²) in [5, 5.41) is 0. The van der Waals surface area contributed by atoms with E-state index in [1.54, 1.807) is 12.1 Å². The molecule has 0 bridgehead atoms. The lowest BCUT2D eigenvalue weighted by atomic mass is 10.1. The van der Waals surface area contributed by atoms with E-state index in [1.165, 1.54) is 4.90 Å². The van der Waals surface area contributed by atoms with Gasteiger partial charge in [0.05, 0.1) is 13.0 Å². The summed E-state index contributed by atoms with van der Waals surface area (Å²) in [5.74, 6) is -0.0405. The number of aryl methyl sites for hydroxylation is 1. The topological polar surface area (TPSA) is 54.5 Å². The minimum absolute atomic E-state index is 0.00395. The molecule has 4 nitrogen and oxygen atoms in total. The maximum Gasteiger partial charge on any atom is 0.234 e. The number of hydrogen-bond acceptors (Lipinski definition) is 3. The molecule has 1 aliphatic carbocycles. The number of rotatable bonds is 1. The third kappa shape index (κ3) is 1.56. The van der Waals surface area contributed by atoms with E-state index in [9.17, 15) is 14.4 Å². The molecule has 0 saturated carbocycles. The summed E-state index contributed by atoms with van der Waals surface area (Å²) >= 11 is 0. The molecular weight excluding hydrogens is 218 g/mol. The second-order valence-electron chi connectivity index (χ2n) is 4.46. The van der Waals surface area contributed by atoms with E-state index < -0.39 is 0 Å². The molecule has 1 saturated heterocycles. The monoisotopic (exact) mass is 229 g/mol. The molecule has 1 aromatic rings. The number of amides is 1. The van der Waals surface area contributed by atoms with Crippen molar-refractivity contribution in [1.29, 1.82) is 0 Å². The number of carbonyl (C=O) groups is 3. The summed E-state index contributed by atoms with van der Waals surface area (Å²) in [4.78, 5) is 35.8. The van der Waals surface area contributed by atoms with Crippen LogP contribution >= 0.6 is 0 Å². The highest BCUT2D eigenvalue weighted by molar-refractivity contribution is 6.15. The van der Waals surface area contributed by atoms with Gasteiger partial charge in [-0.15, -0.1) is 0 Å². The van der Waals surface area contributed by atoms with E-state index in [1.807, 2.05) is 6.07 Å². The molecule has 0 aromatic heterocycles. The third-order valence-electron chi connectivity index (χ3n) is 3.31. The molecule has 0 radical (unpaired) electrons. The van der Waals surface area contributed by atoms with Crippen LogP contribution in [0, 0.1) is 0 Å². The first-order valence-electron chi connectivity index (χ1n) is 5.63. The van der Waals surface area contributed by atoms with Crippen LogP contribution in [0.1, 0.15) is 28.8 Å². The van der Waals surface area contributed by atoms with E-state index in [2.05, 4.69) is 0 Å². The van der Waals surface area contributed by atoms with E-state index in [0.717, 1.165) is 23.2 Å². The molecule has 1 fully saturated rings. The highest BCUT2D eigenvalue weighted by Crippen LogP contribution is 2.28. The summed E-state index contributed by atoms with van der Waals surface area (Å²) in [6.07, 6.45) is 1.28. The van der Waals surface area contributed by atoms with Gasteiger partial charge in [0.1, 0.15) is 0 Å². The first-order chi connectivity index (χ1) is 8.15. The maximum absolute atomic E-state index is 11.6. The molecular formula is C13H11NO3. The number of Topliss-reactive ketones (excluding diaryl/α,β-unsaturated/α-hetero) is 2. The van der Waals surface area contributed by atoms with Gasteiger partial charge in [0.15, 0.2) is 11.6 Å². The SMILES string of the molecule is O=C1CC(=O)N(c2ccc3c(c2)CCC3=O)C1. The number of anilines is 1. The highest BCUT2D eigenvalue weighted by Gasteiger charge is 2.29. The average Bonchev–Trinajstić information content (AvgIpc) is 2.82. The van der Waals surface area contributed by atoms with Gasteiger partial charge in [-0.05, 0) is 30.2 Å². The van der Waals surface area contributed by atoms with E-state index in [-0.39, 0.29) is 30.4 Å². The molecule has 1 heterocycles. The van der Waals surface area contributed by atoms with Crippen molar-refractivity contribution in [1.82, 2.24) is 0 Å². The number of nitrogens with zero attached hydrogens (tertiary/aromatic N) is 1. The zero-order valence-electron chi connectivity index (χ0n) is 9.23. The lowest BCUT2D eigenvalue weighted by Gasteiger charge is -2.15. The number of carbonyl (C=O) groups excluding carboxylic acids is 3. The first kappa shape index (κ1) is 10.2. The molecule has 1 aliphatic heterocycles. The van der Waals surface area contributed by atoms with Crippen molar-refractivity contribution in [3.05, 3.63) is 29.3 Å². The van der Waals surface area contributed by atoms with Gasteiger partial charge in [-0.2, -0.15) is 0 Å². The smallest absolute Gasteiger partial charge is 0.234 e. The number of fused-ring (bicyclic) bond motifs is 1. The van der Waals surface area contributed by atoms with Crippen LogP contribution in [0.25, 0.3) is 0 Å². The maximum atomic E-state index is 11.6. The van der Waals surface area contributed by atoms with Crippen molar-refractivity contribution in [3.63, 3.8) is 0 Å². The third-order valence-corrected chi connectivity index (χ3v) is 3.31. The fraction of sp³-hybridized carbons (Fsp3) is 0.308. The zero-order valence-corrected chi connectivity index (χ0v) is 9.23. The average molecular weight is 229 g/mol. The van der Waals surface area contributed by atoms with Crippen molar-refractivity contribution in [2.45, 2.75) is 19.3 Å². The van der Waals surface area contributed by atoms with Crippen LogP contribution < -0.4 is 4.90 Å². The molecule has 0 unspecified atom stereocenters. The van der Waals surface area contributed by atoms with Gasteiger partial charge >= 0.3 is 0 Å². The number of hydrogen-bond donors (Lipinski definition) is 0. The van der Waals surface area contributed by atoms with Crippen LogP contribution in [-0.2, 0) is 16.0 Å². The largest absolute Gasteiger partial charge is 0.305 e. The van der Waals surface area contributed by atoms with Crippen molar-refractivity contribution < 1.29 is 14.4 Å². The van der Waals surface area contributed by atoms with Gasteiger partial charge in [-0.1, -0.05) is 0 Å². The highest BCUT2D eigenvalue weighted by atomic mass is 16.2. The lowest BCUT2D eigenvalue weighted by molar-refractivity contribution is -0.121. The minimum atomic E-state index is -0.153. The Morgan fingerprint density at radius 3 is 2.59 bits per heavy atom. The molecule has 4 heteroatoms. The first-order valence-corrected chi connectivity index (χ1v) is 5.63. The summed E-state index contributed by atoms with van der Waals surface area (Å²) in [6.45, 7) is 0.158. The number of benzene rings is 1. The van der Waals surface area contributed by atoms with Crippen molar-refractivity contribution >= 4 is 23.2 Å². The quantitative estimate of drug-likeness (QED) is 0.678. The molecule has 3 rings (SSSR count). The van der Waals surface area contributed by atoms with Gasteiger partial charge in [-0.3, -0.25) is 14.4 Å². The van der Waals surface area contributed by atoms with E-state index in [0.29, 0.717) is 6.42 Å². The molecule has 86 valence electrons. The molecule has 0 atom stereocenters. The van der Waals surface area contributed by atoms with Crippen LogP contribution in [-0.4, -0.2) is 24.0 Å². The Morgan fingerprint density at radius 2 is 1.88 bits per heavy atom. The Kier molecular flexibility index (Phi) is 2.11. The fourth-order valence-corrected chi connectivity index (χ4v) is 2.43. The Bertz CT molecular complexity index is 548. The molecule has 1 amide bonds. The molecule has 2 aliphatic rings. The Labute approximate surface area is 98.2 Å². The van der Waals surface area contributed by atoms with Gasteiger partial charge in [0.2, 0.25) is 5.91 Å². The van der Waals surface area contributed by atoms with E-state index >= 15 is 0 Å². The zero-order chi connectivity index (χ0) is 12.0. The Morgan fingerprint density at radius 1 is 1.06 bits per heavy atom. The second kappa shape index (κ2) is 3.52. The predicted octanol–water partition coefficient (Wildman–Crippen LogP) is 1.12. The predicted molar refractivity (Wildman–Crippen MR) is 61.1 cm³/mol. The molecule has 0 spiro atoms. The van der Waals surface area contributed by atoms with Crippen LogP contribution in [0.2, 0.25) is 0 Å². The minimum Gasteiger partial charge on any atom is -0.305 e. The van der Waals surface area contributed by atoms with Crippen molar-refractivity contribution in [2.24, 2.45) is 0 Å². The molecule has 1 aromatic carbocycles. The van der Waals surface area contributed by atoms with Crippen LogP contribution in [0.4, 0.5) is 5.69 Å².